The highest BCUT2D eigenvalue weighted by molar-refractivity contribution is 7.85. The largest absolute Gasteiger partial charge is 0.387 e. The molecule has 0 rings (SSSR count). The molecule has 0 aliphatic heterocycles. The summed E-state index contributed by atoms with van der Waals surface area (Å²) in [7, 11) is 0.165. The molecule has 4 nitrogen and oxygen atoms in total. The minimum Gasteiger partial charge on any atom is -0.387 e. The Hall–Kier alpha value is -0.260. The highest BCUT2D eigenvalue weighted by atomic mass is 32.2. The molecule has 0 radical (unpaired) electrons. The summed E-state index contributed by atoms with van der Waals surface area (Å²) < 4.78 is 20.1. The third kappa shape index (κ3) is 5.39. The lowest BCUT2D eigenvalue weighted by atomic mass is 10.0. The third-order valence-corrected chi connectivity index (χ3v) is 3.13. The fraction of sp³-hybridized carbons (Fsp3) is 0.900. The van der Waals surface area contributed by atoms with Crippen LogP contribution >= 0.6 is 0 Å². The van der Waals surface area contributed by atoms with E-state index in [4.69, 9.17) is 4.74 Å². The monoisotopic (exact) mass is 235 g/mol. The molecule has 90 valence electrons. The lowest BCUT2D eigenvalue weighted by Gasteiger charge is -2.24. The van der Waals surface area contributed by atoms with E-state index in [2.05, 4.69) is 4.40 Å². The number of methoxy groups -OCH3 is 1. The van der Waals surface area contributed by atoms with Crippen molar-refractivity contribution >= 4 is 17.2 Å². The molecular weight excluding hydrogens is 214 g/mol. The van der Waals surface area contributed by atoms with Gasteiger partial charge in [-0.3, -0.25) is 0 Å². The van der Waals surface area contributed by atoms with E-state index in [1.807, 2.05) is 20.8 Å². The topological polar surface area (TPSA) is 58.9 Å². The van der Waals surface area contributed by atoms with Gasteiger partial charge < -0.3 is 9.84 Å². The van der Waals surface area contributed by atoms with Crippen LogP contribution in [0.15, 0.2) is 4.40 Å². The van der Waals surface area contributed by atoms with Gasteiger partial charge in [0.2, 0.25) is 0 Å². The van der Waals surface area contributed by atoms with Crippen molar-refractivity contribution in [1.29, 1.82) is 0 Å². The molecule has 0 bridgehead atoms. The summed E-state index contributed by atoms with van der Waals surface area (Å²) in [6, 6.07) is 0. The van der Waals surface area contributed by atoms with Crippen molar-refractivity contribution in [3.8, 4) is 0 Å². The van der Waals surface area contributed by atoms with Crippen LogP contribution in [0.25, 0.3) is 0 Å². The van der Waals surface area contributed by atoms with Gasteiger partial charge in [0, 0.05) is 13.3 Å². The molecule has 0 heterocycles. The van der Waals surface area contributed by atoms with Crippen molar-refractivity contribution in [2.24, 2.45) is 4.40 Å². The van der Waals surface area contributed by atoms with Crippen molar-refractivity contribution in [3.05, 3.63) is 0 Å². The quantitative estimate of drug-likeness (QED) is 0.747. The number of ether oxygens (including phenoxy) is 1. The van der Waals surface area contributed by atoms with Crippen LogP contribution in [0.4, 0.5) is 0 Å². The molecule has 0 saturated carbocycles. The van der Waals surface area contributed by atoms with Crippen LogP contribution in [0.5, 0.6) is 0 Å². The van der Waals surface area contributed by atoms with Crippen LogP contribution < -0.4 is 0 Å². The van der Waals surface area contributed by atoms with Crippen LogP contribution in [-0.4, -0.2) is 39.1 Å². The summed E-state index contributed by atoms with van der Waals surface area (Å²) in [5.74, 6) is 0. The average molecular weight is 235 g/mol. The summed E-state index contributed by atoms with van der Waals surface area (Å²) in [4.78, 5) is 0. The smallest absolute Gasteiger partial charge is 0.144 e. The molecule has 0 amide bonds. The predicted octanol–water partition coefficient (Wildman–Crippen LogP) is 1.31. The first kappa shape index (κ1) is 14.7. The van der Waals surface area contributed by atoms with E-state index in [1.54, 1.807) is 13.8 Å². The molecule has 0 saturated heterocycles. The molecule has 0 fully saturated rings. The van der Waals surface area contributed by atoms with Gasteiger partial charge in [-0.15, -0.1) is 0 Å². The van der Waals surface area contributed by atoms with E-state index >= 15 is 0 Å². The number of nitrogens with zero attached hydrogens (tertiary/aromatic N) is 1. The number of aliphatic hydroxyl groups is 1. The minimum absolute atomic E-state index is 0.394. The Morgan fingerprint density at radius 3 is 2.07 bits per heavy atom. The van der Waals surface area contributed by atoms with Gasteiger partial charge in [0.1, 0.15) is 17.1 Å². The first-order valence-corrected chi connectivity index (χ1v) is 5.91. The lowest BCUT2D eigenvalue weighted by molar-refractivity contribution is -0.0317. The summed E-state index contributed by atoms with van der Waals surface area (Å²) in [6.45, 7) is 8.76. The maximum Gasteiger partial charge on any atom is 0.144 e. The van der Waals surface area contributed by atoms with Gasteiger partial charge in [-0.25, -0.2) is 4.21 Å². The Morgan fingerprint density at radius 2 is 1.80 bits per heavy atom. The summed E-state index contributed by atoms with van der Waals surface area (Å²) in [6.07, 6.45) is 0.852. The van der Waals surface area contributed by atoms with Gasteiger partial charge in [0.15, 0.2) is 0 Å². The average Bonchev–Trinajstić information content (AvgIpc) is 2.00. The molecule has 0 aromatic heterocycles. The molecule has 0 aromatic rings. The highest BCUT2D eigenvalue weighted by Gasteiger charge is 2.26. The van der Waals surface area contributed by atoms with Crippen LogP contribution in [0, 0.1) is 0 Å². The Balaban J connectivity index is 4.58. The molecule has 0 aliphatic carbocycles. The van der Waals surface area contributed by atoms with E-state index in [1.165, 1.54) is 13.3 Å². The standard InChI is InChI=1S/C10H21NO3S/c1-9(2,3)15(13)11-7-8(14-6)10(4,5)12/h7-8,12H,1-6H3/b11-7+/t8-,15-/m1/s1. The predicted molar refractivity (Wildman–Crippen MR) is 63.5 cm³/mol. The van der Waals surface area contributed by atoms with Gasteiger partial charge in [0.05, 0.1) is 10.3 Å². The maximum atomic E-state index is 11.6. The zero-order valence-corrected chi connectivity index (χ0v) is 11.1. The minimum atomic E-state index is -1.32. The van der Waals surface area contributed by atoms with Crippen molar-refractivity contribution in [2.45, 2.75) is 51.1 Å². The van der Waals surface area contributed by atoms with Crippen LogP contribution in [0.1, 0.15) is 34.6 Å². The Kier molecular flexibility index (Phi) is 5.09. The van der Waals surface area contributed by atoms with Gasteiger partial charge in [-0.2, -0.15) is 4.40 Å². The number of hydrogen-bond donors (Lipinski definition) is 1. The van der Waals surface area contributed by atoms with Crippen molar-refractivity contribution < 1.29 is 14.1 Å². The zero-order chi connectivity index (χ0) is 12.3. The SMILES string of the molecule is CO[C@H](/C=N/[S@](=O)C(C)(C)C)C(C)(C)O. The highest BCUT2D eigenvalue weighted by Crippen LogP contribution is 2.14. The van der Waals surface area contributed by atoms with E-state index in [0.29, 0.717) is 0 Å². The second-order valence-corrected chi connectivity index (χ2v) is 6.86. The maximum absolute atomic E-state index is 11.6. The lowest BCUT2D eigenvalue weighted by Crippen LogP contribution is -2.39. The van der Waals surface area contributed by atoms with Crippen molar-refractivity contribution in [3.63, 3.8) is 0 Å². The first-order valence-electron chi connectivity index (χ1n) is 4.80. The van der Waals surface area contributed by atoms with Crippen molar-refractivity contribution in [2.75, 3.05) is 7.11 Å². The molecule has 1 N–H and O–H groups in total. The zero-order valence-electron chi connectivity index (χ0n) is 10.3. The van der Waals surface area contributed by atoms with Gasteiger partial charge in [-0.1, -0.05) is 0 Å². The molecule has 0 aromatic carbocycles. The molecule has 0 spiro atoms. The van der Waals surface area contributed by atoms with Crippen LogP contribution in [0.3, 0.4) is 0 Å². The Morgan fingerprint density at radius 1 is 1.33 bits per heavy atom. The molecule has 0 aliphatic rings. The normalized spacial score (nSPS) is 18.1. The van der Waals surface area contributed by atoms with E-state index in [9.17, 15) is 9.32 Å². The molecule has 2 atom stereocenters. The Labute approximate surface area is 94.3 Å². The van der Waals surface area contributed by atoms with Gasteiger partial charge >= 0.3 is 0 Å². The fourth-order valence-electron chi connectivity index (χ4n) is 0.800. The molecule has 0 unspecified atom stereocenters. The number of hydrogen-bond acceptors (Lipinski definition) is 3. The second kappa shape index (κ2) is 5.18. The Bertz CT molecular complexity index is 250. The second-order valence-electron chi connectivity index (χ2n) is 4.93. The third-order valence-electron chi connectivity index (χ3n) is 1.77. The first-order chi connectivity index (χ1) is 6.59. The molecule has 15 heavy (non-hydrogen) atoms. The summed E-state index contributed by atoms with van der Waals surface area (Å²) in [5, 5.41) is 9.68. The molecular formula is C10H21NO3S. The van der Waals surface area contributed by atoms with Crippen molar-refractivity contribution in [1.82, 2.24) is 0 Å². The summed E-state index contributed by atoms with van der Waals surface area (Å²) >= 11 is 0. The fourth-order valence-corrected chi connectivity index (χ4v) is 1.34. The van der Waals surface area contributed by atoms with Gasteiger partial charge in [0.25, 0.3) is 0 Å². The van der Waals surface area contributed by atoms with E-state index in [-0.39, 0.29) is 0 Å². The van der Waals surface area contributed by atoms with E-state index in [0.717, 1.165) is 0 Å². The van der Waals surface area contributed by atoms with E-state index < -0.39 is 27.4 Å². The summed E-state index contributed by atoms with van der Waals surface area (Å²) in [5.41, 5.74) is -1.03. The number of rotatable bonds is 4. The van der Waals surface area contributed by atoms with Crippen LogP contribution in [0.2, 0.25) is 0 Å². The van der Waals surface area contributed by atoms with Crippen LogP contribution in [-0.2, 0) is 15.7 Å². The molecule has 5 heteroatoms. The van der Waals surface area contributed by atoms with Gasteiger partial charge in [-0.05, 0) is 34.6 Å².